The zero-order valence-corrected chi connectivity index (χ0v) is 22.3. The Bertz CT molecular complexity index is 1360. The van der Waals surface area contributed by atoms with Crippen molar-refractivity contribution in [1.29, 1.82) is 0 Å². The molecule has 6 nitrogen and oxygen atoms in total. The average Bonchev–Trinajstić information content (AvgIpc) is 2.93. The number of benzene rings is 3. The topological polar surface area (TPSA) is 81.2 Å². The second kappa shape index (κ2) is 11.8. The molecule has 0 saturated carbocycles. The summed E-state index contributed by atoms with van der Waals surface area (Å²) in [5.41, 5.74) is 5.43. The molecule has 0 aliphatic heterocycles. The number of aromatic nitrogens is 2. The highest BCUT2D eigenvalue weighted by Gasteiger charge is 2.17. The van der Waals surface area contributed by atoms with Gasteiger partial charge in [-0.05, 0) is 59.7 Å². The van der Waals surface area contributed by atoms with Gasteiger partial charge in [0.1, 0.15) is 12.0 Å². The minimum atomic E-state index is -0.625. The lowest BCUT2D eigenvalue weighted by atomic mass is 9.86. The van der Waals surface area contributed by atoms with Gasteiger partial charge in [-0.15, -0.1) is 0 Å². The van der Waals surface area contributed by atoms with Gasteiger partial charge in [-0.2, -0.15) is 0 Å². The number of hydrogen-bond acceptors (Lipinski definition) is 5. The van der Waals surface area contributed by atoms with Crippen LogP contribution in [0.25, 0.3) is 22.5 Å². The first-order chi connectivity index (χ1) is 18.3. The van der Waals surface area contributed by atoms with Gasteiger partial charge in [-0.1, -0.05) is 69.3 Å². The lowest BCUT2D eigenvalue weighted by Crippen LogP contribution is -2.37. The number of amides is 1. The van der Waals surface area contributed by atoms with Crippen molar-refractivity contribution < 1.29 is 14.3 Å². The molecule has 3 aromatic carbocycles. The normalized spacial score (nSPS) is 12.0. The Morgan fingerprint density at radius 1 is 0.868 bits per heavy atom. The molecule has 0 radical (unpaired) electrons. The van der Waals surface area contributed by atoms with Crippen LogP contribution in [0.2, 0.25) is 0 Å². The van der Waals surface area contributed by atoms with E-state index in [0.29, 0.717) is 24.4 Å². The summed E-state index contributed by atoms with van der Waals surface area (Å²) >= 11 is 0. The van der Waals surface area contributed by atoms with Gasteiger partial charge in [0.2, 0.25) is 0 Å². The fraction of sp³-hybridized carbons (Fsp3) is 0.250. The second-order valence-electron chi connectivity index (χ2n) is 10.2. The number of rotatable bonds is 9. The molecule has 1 amide bonds. The molecule has 1 aromatic heterocycles. The third-order valence-corrected chi connectivity index (χ3v) is 6.31. The molecule has 4 aromatic rings. The van der Waals surface area contributed by atoms with Crippen molar-refractivity contribution in [2.75, 3.05) is 6.61 Å². The number of carbonyl (C=O) groups excluding carboxylic acids is 2. The zero-order chi connectivity index (χ0) is 27.1. The summed E-state index contributed by atoms with van der Waals surface area (Å²) < 4.78 is 5.50. The first kappa shape index (κ1) is 26.7. The molecular weight excluding hydrogens is 474 g/mol. The predicted molar refractivity (Wildman–Crippen MR) is 150 cm³/mol. The van der Waals surface area contributed by atoms with Gasteiger partial charge in [-0.25, -0.2) is 9.97 Å². The highest BCUT2D eigenvalue weighted by Crippen LogP contribution is 2.24. The van der Waals surface area contributed by atoms with Crippen LogP contribution in [-0.2, 0) is 16.6 Å². The molecule has 4 rings (SSSR count). The number of ether oxygens (including phenoxy) is 1. The maximum Gasteiger partial charge on any atom is 0.251 e. The van der Waals surface area contributed by atoms with Crippen LogP contribution in [-0.4, -0.2) is 34.8 Å². The van der Waals surface area contributed by atoms with Crippen LogP contribution in [0, 0.1) is 0 Å². The zero-order valence-electron chi connectivity index (χ0n) is 22.3. The van der Waals surface area contributed by atoms with Crippen LogP contribution in [0.5, 0.6) is 5.75 Å². The Morgan fingerprint density at radius 3 is 2.03 bits per heavy atom. The van der Waals surface area contributed by atoms with E-state index in [2.05, 4.69) is 36.1 Å². The minimum absolute atomic E-state index is 0.00968. The van der Waals surface area contributed by atoms with Crippen molar-refractivity contribution >= 4 is 12.2 Å². The Hall–Kier alpha value is -4.32. The summed E-state index contributed by atoms with van der Waals surface area (Å²) in [6.07, 6.45) is 4.78. The molecule has 1 atom stereocenters. The second-order valence-corrected chi connectivity index (χ2v) is 10.2. The van der Waals surface area contributed by atoms with E-state index < -0.39 is 6.04 Å². The first-order valence-electron chi connectivity index (χ1n) is 12.8. The molecule has 6 heteroatoms. The van der Waals surface area contributed by atoms with Crippen molar-refractivity contribution in [3.8, 4) is 28.3 Å². The van der Waals surface area contributed by atoms with Gasteiger partial charge in [0.25, 0.3) is 5.91 Å². The predicted octanol–water partition coefficient (Wildman–Crippen LogP) is 6.05. The van der Waals surface area contributed by atoms with Crippen LogP contribution in [0.3, 0.4) is 0 Å². The first-order valence-corrected chi connectivity index (χ1v) is 12.8. The van der Waals surface area contributed by atoms with E-state index in [9.17, 15) is 9.59 Å². The van der Waals surface area contributed by atoms with Crippen LogP contribution >= 0.6 is 0 Å². The van der Waals surface area contributed by atoms with Gasteiger partial charge >= 0.3 is 0 Å². The number of nitrogens with one attached hydrogen (secondary N) is 1. The third kappa shape index (κ3) is 6.71. The highest BCUT2D eigenvalue weighted by atomic mass is 16.5. The van der Waals surface area contributed by atoms with Gasteiger partial charge < -0.3 is 14.8 Å². The van der Waals surface area contributed by atoms with E-state index in [4.69, 9.17) is 4.74 Å². The average molecular weight is 508 g/mol. The molecule has 1 heterocycles. The number of nitrogens with zero attached hydrogens (tertiary/aromatic N) is 2. The summed E-state index contributed by atoms with van der Waals surface area (Å²) in [6, 6.07) is 22.4. The minimum Gasteiger partial charge on any atom is -0.494 e. The van der Waals surface area contributed by atoms with E-state index in [0.717, 1.165) is 39.9 Å². The largest absolute Gasteiger partial charge is 0.494 e. The van der Waals surface area contributed by atoms with Crippen molar-refractivity contribution in [1.82, 2.24) is 15.3 Å². The lowest BCUT2D eigenvalue weighted by Gasteiger charge is -2.19. The molecule has 0 bridgehead atoms. The van der Waals surface area contributed by atoms with Gasteiger partial charge in [-0.3, -0.25) is 4.79 Å². The Morgan fingerprint density at radius 2 is 1.47 bits per heavy atom. The van der Waals surface area contributed by atoms with E-state index in [1.165, 1.54) is 0 Å². The van der Waals surface area contributed by atoms with Crippen LogP contribution < -0.4 is 10.1 Å². The molecule has 0 spiro atoms. The quantitative estimate of drug-likeness (QED) is 0.279. The summed E-state index contributed by atoms with van der Waals surface area (Å²) in [6.45, 7) is 8.97. The van der Waals surface area contributed by atoms with Gasteiger partial charge in [0.15, 0.2) is 5.82 Å². The van der Waals surface area contributed by atoms with Gasteiger partial charge in [0, 0.05) is 29.1 Å². The van der Waals surface area contributed by atoms with Crippen molar-refractivity contribution in [3.63, 3.8) is 0 Å². The van der Waals surface area contributed by atoms with Gasteiger partial charge in [0.05, 0.1) is 12.6 Å². The summed E-state index contributed by atoms with van der Waals surface area (Å²) in [7, 11) is 0. The molecule has 38 heavy (non-hydrogen) atoms. The lowest BCUT2D eigenvalue weighted by molar-refractivity contribution is -0.109. The molecule has 194 valence electrons. The molecule has 0 aliphatic rings. The third-order valence-electron chi connectivity index (χ3n) is 6.31. The summed E-state index contributed by atoms with van der Waals surface area (Å²) in [4.78, 5) is 33.5. The monoisotopic (exact) mass is 507 g/mol. The molecule has 0 saturated heterocycles. The number of aldehydes is 1. The smallest absolute Gasteiger partial charge is 0.251 e. The van der Waals surface area contributed by atoms with Crippen molar-refractivity contribution in [2.45, 2.75) is 45.6 Å². The molecule has 0 aliphatic carbocycles. The Kier molecular flexibility index (Phi) is 8.31. The van der Waals surface area contributed by atoms with Crippen LogP contribution in [0.15, 0.2) is 85.2 Å². The van der Waals surface area contributed by atoms with Crippen molar-refractivity contribution in [2.24, 2.45) is 0 Å². The number of hydrogen-bond donors (Lipinski definition) is 1. The van der Waals surface area contributed by atoms with Crippen LogP contribution in [0.1, 0.15) is 49.2 Å². The van der Waals surface area contributed by atoms with E-state index in [1.807, 2.05) is 67.6 Å². The fourth-order valence-corrected chi connectivity index (χ4v) is 4.09. The van der Waals surface area contributed by atoms with Crippen molar-refractivity contribution in [3.05, 3.63) is 102 Å². The standard InChI is InChI=1S/C32H33N3O3/c1-5-38-29-16-12-23(13-17-29)26-19-33-30(34-20-26)24-8-6-22(7-9-24)18-28(21-36)35-31(37)25-10-14-27(15-11-25)32(2,3)4/h6-17,19-21,28H,5,18H2,1-4H3,(H,35,37). The molecule has 1 N–H and O–H groups in total. The van der Waals surface area contributed by atoms with E-state index in [1.54, 1.807) is 24.5 Å². The molecule has 0 fully saturated rings. The molecular formula is C32H33N3O3. The maximum absolute atomic E-state index is 12.7. The van der Waals surface area contributed by atoms with E-state index >= 15 is 0 Å². The molecule has 1 unspecified atom stereocenters. The SMILES string of the molecule is CCOc1ccc(-c2cnc(-c3ccc(CC(C=O)NC(=O)c4ccc(C(C)(C)C)cc4)cc3)nc2)cc1. The Balaban J connectivity index is 1.37. The van der Waals surface area contributed by atoms with E-state index in [-0.39, 0.29) is 11.3 Å². The maximum atomic E-state index is 12.7. The highest BCUT2D eigenvalue weighted by molar-refractivity contribution is 5.95. The summed E-state index contributed by atoms with van der Waals surface area (Å²) in [5, 5.41) is 2.83. The number of carbonyl (C=O) groups is 2. The van der Waals surface area contributed by atoms with Crippen LogP contribution in [0.4, 0.5) is 0 Å². The fourth-order valence-electron chi connectivity index (χ4n) is 4.09. The Labute approximate surface area is 224 Å². The summed E-state index contributed by atoms with van der Waals surface area (Å²) in [5.74, 6) is 1.19.